The van der Waals surface area contributed by atoms with Gasteiger partial charge < -0.3 is 47.4 Å². The molecule has 0 saturated heterocycles. The lowest BCUT2D eigenvalue weighted by molar-refractivity contribution is 0.0763. The first-order chi connectivity index (χ1) is 22.6. The van der Waals surface area contributed by atoms with Gasteiger partial charge in [-0.05, 0) is 72.8 Å². The van der Waals surface area contributed by atoms with Gasteiger partial charge in [-0.2, -0.15) is 0 Å². The zero-order valence-electron chi connectivity index (χ0n) is 26.7. The SMILES string of the molecule is COc1ccc2cc1-c1cc(ccc1OC)OCCOCCOc1ccc(OC)c(c1)-c1cc(ccc1OC)OCCOCCO2. The number of hydrogen-bond donors (Lipinski definition) is 0. The lowest BCUT2D eigenvalue weighted by Gasteiger charge is -2.17. The van der Waals surface area contributed by atoms with Gasteiger partial charge >= 0.3 is 0 Å². The number of methoxy groups -OCH3 is 4. The third-order valence-corrected chi connectivity index (χ3v) is 7.25. The van der Waals surface area contributed by atoms with E-state index in [1.165, 1.54) is 0 Å². The fourth-order valence-corrected chi connectivity index (χ4v) is 5.03. The summed E-state index contributed by atoms with van der Waals surface area (Å²) in [6.45, 7) is 2.98. The molecule has 0 unspecified atom stereocenters. The Morgan fingerprint density at radius 3 is 0.804 bits per heavy atom. The van der Waals surface area contributed by atoms with Crippen LogP contribution in [0.25, 0.3) is 22.3 Å². The summed E-state index contributed by atoms with van der Waals surface area (Å²) in [4.78, 5) is 0. The molecule has 0 aliphatic carbocycles. The van der Waals surface area contributed by atoms with E-state index in [0.717, 1.165) is 22.3 Å². The fraction of sp³-hybridized carbons (Fsp3) is 0.333. The summed E-state index contributed by atoms with van der Waals surface area (Å²) in [6, 6.07) is 22.6. The van der Waals surface area contributed by atoms with Gasteiger partial charge in [0.05, 0.1) is 54.9 Å². The van der Waals surface area contributed by atoms with Crippen molar-refractivity contribution in [1.82, 2.24) is 0 Å². The Kier molecular flexibility index (Phi) is 11.7. The number of hydrogen-bond acceptors (Lipinski definition) is 10. The summed E-state index contributed by atoms with van der Waals surface area (Å²) in [6.07, 6.45) is 0. The maximum atomic E-state index is 6.01. The maximum Gasteiger partial charge on any atom is 0.127 e. The second-order valence-corrected chi connectivity index (χ2v) is 10.1. The molecule has 0 spiro atoms. The Balaban J connectivity index is 1.35. The first-order valence-electron chi connectivity index (χ1n) is 15.0. The quantitative estimate of drug-likeness (QED) is 0.255. The maximum absolute atomic E-state index is 6.01. The highest BCUT2D eigenvalue weighted by Crippen LogP contribution is 2.42. The van der Waals surface area contributed by atoms with E-state index in [4.69, 9.17) is 47.4 Å². The number of benzene rings is 4. The van der Waals surface area contributed by atoms with Crippen molar-refractivity contribution in [2.45, 2.75) is 0 Å². The monoisotopic (exact) mass is 632 g/mol. The summed E-state index contributed by atoms with van der Waals surface area (Å²) in [5.74, 6) is 5.41. The molecule has 1 aliphatic rings. The van der Waals surface area contributed by atoms with Crippen LogP contribution in [-0.4, -0.2) is 81.3 Å². The molecule has 0 saturated carbocycles. The van der Waals surface area contributed by atoms with E-state index in [1.807, 2.05) is 72.8 Å². The molecule has 0 amide bonds. The van der Waals surface area contributed by atoms with Crippen LogP contribution in [0.3, 0.4) is 0 Å². The Morgan fingerprint density at radius 1 is 0.348 bits per heavy atom. The van der Waals surface area contributed by atoms with E-state index < -0.39 is 0 Å². The van der Waals surface area contributed by atoms with Crippen molar-refractivity contribution >= 4 is 0 Å². The van der Waals surface area contributed by atoms with Crippen LogP contribution < -0.4 is 37.9 Å². The summed E-state index contributed by atoms with van der Waals surface area (Å²) in [7, 11) is 6.52. The number of rotatable bonds is 4. The minimum Gasteiger partial charge on any atom is -0.496 e. The van der Waals surface area contributed by atoms with Crippen LogP contribution in [0.5, 0.6) is 46.0 Å². The van der Waals surface area contributed by atoms with Crippen molar-refractivity contribution < 1.29 is 47.4 Å². The van der Waals surface area contributed by atoms with E-state index in [1.54, 1.807) is 28.4 Å². The Labute approximate surface area is 269 Å². The Bertz CT molecular complexity index is 1340. The van der Waals surface area contributed by atoms with Gasteiger partial charge in [0.1, 0.15) is 72.4 Å². The van der Waals surface area contributed by atoms with Crippen molar-refractivity contribution in [2.24, 2.45) is 0 Å². The highest BCUT2D eigenvalue weighted by molar-refractivity contribution is 5.79. The number of ether oxygens (including phenoxy) is 10. The predicted molar refractivity (Wildman–Crippen MR) is 174 cm³/mol. The Morgan fingerprint density at radius 2 is 0.587 bits per heavy atom. The highest BCUT2D eigenvalue weighted by atomic mass is 16.6. The van der Waals surface area contributed by atoms with Gasteiger partial charge in [-0.3, -0.25) is 0 Å². The molecule has 0 fully saturated rings. The van der Waals surface area contributed by atoms with Crippen LogP contribution in [0, 0.1) is 0 Å². The molecule has 10 nitrogen and oxygen atoms in total. The lowest BCUT2D eigenvalue weighted by Crippen LogP contribution is -2.12. The zero-order valence-corrected chi connectivity index (χ0v) is 26.7. The van der Waals surface area contributed by atoms with Crippen LogP contribution in [-0.2, 0) is 9.47 Å². The zero-order chi connectivity index (χ0) is 32.1. The van der Waals surface area contributed by atoms with E-state index in [2.05, 4.69) is 0 Å². The van der Waals surface area contributed by atoms with Crippen LogP contribution in [0.15, 0.2) is 72.8 Å². The molecule has 46 heavy (non-hydrogen) atoms. The van der Waals surface area contributed by atoms with Crippen molar-refractivity contribution in [2.75, 3.05) is 81.3 Å². The highest BCUT2D eigenvalue weighted by Gasteiger charge is 2.16. The molecule has 0 aromatic heterocycles. The van der Waals surface area contributed by atoms with Crippen LogP contribution >= 0.6 is 0 Å². The van der Waals surface area contributed by atoms with Gasteiger partial charge in [0, 0.05) is 22.3 Å². The molecular formula is C36H40O10. The molecule has 1 aliphatic heterocycles. The molecule has 8 bridgehead atoms. The average molecular weight is 633 g/mol. The van der Waals surface area contributed by atoms with Crippen LogP contribution in [0.2, 0.25) is 0 Å². The largest absolute Gasteiger partial charge is 0.496 e. The predicted octanol–water partition coefficient (Wildman–Crippen LogP) is 6.32. The molecule has 1 heterocycles. The minimum atomic E-state index is 0.358. The molecule has 4 aromatic carbocycles. The smallest absolute Gasteiger partial charge is 0.127 e. The topological polar surface area (TPSA) is 92.3 Å². The number of fused-ring (bicyclic) bond motifs is 10. The van der Waals surface area contributed by atoms with Gasteiger partial charge in [-0.1, -0.05) is 0 Å². The van der Waals surface area contributed by atoms with Gasteiger partial charge in [-0.25, -0.2) is 0 Å². The molecule has 0 radical (unpaired) electrons. The van der Waals surface area contributed by atoms with E-state index >= 15 is 0 Å². The second kappa shape index (κ2) is 16.5. The first-order valence-corrected chi connectivity index (χ1v) is 15.0. The lowest BCUT2D eigenvalue weighted by atomic mass is 10.0. The molecule has 244 valence electrons. The molecule has 10 heteroatoms. The van der Waals surface area contributed by atoms with Gasteiger partial charge in [0.2, 0.25) is 0 Å². The van der Waals surface area contributed by atoms with Crippen molar-refractivity contribution in [3.05, 3.63) is 72.8 Å². The second-order valence-electron chi connectivity index (χ2n) is 10.1. The molecule has 0 N–H and O–H groups in total. The summed E-state index contributed by atoms with van der Waals surface area (Å²) >= 11 is 0. The van der Waals surface area contributed by atoms with Crippen molar-refractivity contribution in [1.29, 1.82) is 0 Å². The van der Waals surface area contributed by atoms with Crippen molar-refractivity contribution in [3.8, 4) is 68.2 Å². The van der Waals surface area contributed by atoms with Crippen LogP contribution in [0.4, 0.5) is 0 Å². The van der Waals surface area contributed by atoms with Crippen molar-refractivity contribution in [3.63, 3.8) is 0 Å². The fourth-order valence-electron chi connectivity index (χ4n) is 5.03. The van der Waals surface area contributed by atoms with Gasteiger partial charge in [-0.15, -0.1) is 0 Å². The third-order valence-electron chi connectivity index (χ3n) is 7.25. The standard InChI is InChI=1S/C36H40O10/c1-37-33-9-5-25-21-29(33)30-22-26(6-10-34(30)38-2)44-18-14-42-16-20-46-28-8-12-36(40-4)32(24-28)31-23-27(7-11-35(31)39-3)45-19-15-41-13-17-43-25/h5-12,21-24H,13-20H2,1-4H3. The molecule has 4 aromatic rings. The van der Waals surface area contributed by atoms with E-state index in [-0.39, 0.29) is 0 Å². The third kappa shape index (κ3) is 8.26. The van der Waals surface area contributed by atoms with E-state index in [0.29, 0.717) is 98.9 Å². The summed E-state index contributed by atoms with van der Waals surface area (Å²) in [5, 5.41) is 0. The molecule has 5 rings (SSSR count). The Hall–Kier alpha value is -4.80. The molecule has 0 atom stereocenters. The minimum absolute atomic E-state index is 0.358. The van der Waals surface area contributed by atoms with Crippen LogP contribution in [0.1, 0.15) is 0 Å². The first kappa shape index (κ1) is 32.6. The van der Waals surface area contributed by atoms with E-state index in [9.17, 15) is 0 Å². The summed E-state index contributed by atoms with van der Waals surface area (Å²) < 4.78 is 58.3. The van der Waals surface area contributed by atoms with Gasteiger partial charge in [0.15, 0.2) is 0 Å². The normalized spacial score (nSPS) is 14.3. The molecular weight excluding hydrogens is 592 g/mol. The summed E-state index contributed by atoms with van der Waals surface area (Å²) in [5.41, 5.74) is 3.25. The van der Waals surface area contributed by atoms with Gasteiger partial charge in [0.25, 0.3) is 0 Å². The average Bonchev–Trinajstić information content (AvgIpc) is 3.10.